The topological polar surface area (TPSA) is 47.7 Å². The number of rotatable bonds is 6. The fourth-order valence-electron chi connectivity index (χ4n) is 3.75. The Hall–Kier alpha value is -2.04. The van der Waals surface area contributed by atoms with Gasteiger partial charge < -0.3 is 15.2 Å². The third kappa shape index (κ3) is 3.65. The highest BCUT2D eigenvalue weighted by molar-refractivity contribution is 5.50. The van der Waals surface area contributed by atoms with E-state index in [4.69, 9.17) is 15.2 Å². The lowest BCUT2D eigenvalue weighted by atomic mass is 9.86. The van der Waals surface area contributed by atoms with Gasteiger partial charge in [0.2, 0.25) is 0 Å². The van der Waals surface area contributed by atoms with E-state index in [1.54, 1.807) is 14.2 Å². The molecule has 1 aliphatic heterocycles. The van der Waals surface area contributed by atoms with Crippen LogP contribution in [-0.4, -0.2) is 31.7 Å². The minimum atomic E-state index is 0.0841. The number of benzene rings is 2. The molecule has 0 bridgehead atoms. The van der Waals surface area contributed by atoms with Crippen molar-refractivity contribution in [3.05, 3.63) is 59.2 Å². The van der Waals surface area contributed by atoms with Gasteiger partial charge in [0.25, 0.3) is 0 Å². The van der Waals surface area contributed by atoms with Crippen LogP contribution in [0.15, 0.2) is 42.5 Å². The summed E-state index contributed by atoms with van der Waals surface area (Å²) >= 11 is 0. The Morgan fingerprint density at radius 3 is 2.44 bits per heavy atom. The molecule has 0 unspecified atom stereocenters. The van der Waals surface area contributed by atoms with Crippen molar-refractivity contribution >= 4 is 0 Å². The van der Waals surface area contributed by atoms with Crippen molar-refractivity contribution in [3.63, 3.8) is 0 Å². The van der Waals surface area contributed by atoms with Crippen LogP contribution in [0.4, 0.5) is 0 Å². The molecule has 0 fully saturated rings. The Morgan fingerprint density at radius 1 is 1.12 bits per heavy atom. The molecule has 0 saturated heterocycles. The van der Waals surface area contributed by atoms with Crippen molar-refractivity contribution in [2.45, 2.75) is 38.4 Å². The number of hydrogen-bond donors (Lipinski definition) is 1. The minimum Gasteiger partial charge on any atom is -0.493 e. The van der Waals surface area contributed by atoms with Crippen molar-refractivity contribution in [2.75, 3.05) is 20.8 Å². The SMILES string of the molecule is CC[C@H](N)[C@H]1c2cc(OC)c(OC)cc2CCN1Cc1ccccc1. The molecule has 2 aromatic carbocycles. The minimum absolute atomic E-state index is 0.0841. The second-order valence-corrected chi connectivity index (χ2v) is 6.63. The summed E-state index contributed by atoms with van der Waals surface area (Å²) in [4.78, 5) is 2.50. The lowest BCUT2D eigenvalue weighted by Crippen LogP contribution is -2.44. The summed E-state index contributed by atoms with van der Waals surface area (Å²) in [6.07, 6.45) is 1.93. The quantitative estimate of drug-likeness (QED) is 0.874. The van der Waals surface area contributed by atoms with Crippen LogP contribution < -0.4 is 15.2 Å². The van der Waals surface area contributed by atoms with Gasteiger partial charge in [0.05, 0.1) is 20.3 Å². The van der Waals surface area contributed by atoms with E-state index in [0.29, 0.717) is 0 Å². The van der Waals surface area contributed by atoms with Crippen molar-refractivity contribution in [1.29, 1.82) is 0 Å². The van der Waals surface area contributed by atoms with E-state index in [2.05, 4.69) is 54.3 Å². The van der Waals surface area contributed by atoms with E-state index in [1.807, 2.05) is 0 Å². The highest BCUT2D eigenvalue weighted by Crippen LogP contribution is 2.40. The van der Waals surface area contributed by atoms with Gasteiger partial charge in [-0.2, -0.15) is 0 Å². The van der Waals surface area contributed by atoms with Crippen LogP contribution in [0.1, 0.15) is 36.1 Å². The van der Waals surface area contributed by atoms with Crippen molar-refractivity contribution in [1.82, 2.24) is 4.90 Å². The zero-order valence-electron chi connectivity index (χ0n) is 15.4. The Morgan fingerprint density at radius 2 is 1.80 bits per heavy atom. The molecule has 134 valence electrons. The van der Waals surface area contributed by atoms with Gasteiger partial charge in [0, 0.05) is 19.1 Å². The highest BCUT2D eigenvalue weighted by atomic mass is 16.5. The predicted molar refractivity (Wildman–Crippen MR) is 101 cm³/mol. The second-order valence-electron chi connectivity index (χ2n) is 6.63. The molecule has 0 amide bonds. The monoisotopic (exact) mass is 340 g/mol. The maximum absolute atomic E-state index is 6.55. The van der Waals surface area contributed by atoms with Gasteiger partial charge in [-0.15, -0.1) is 0 Å². The van der Waals surface area contributed by atoms with Crippen molar-refractivity contribution in [2.24, 2.45) is 5.73 Å². The van der Waals surface area contributed by atoms with E-state index < -0.39 is 0 Å². The molecular formula is C21H28N2O2. The molecule has 1 aliphatic rings. The zero-order valence-corrected chi connectivity index (χ0v) is 15.4. The molecule has 4 heteroatoms. The molecule has 0 aliphatic carbocycles. The largest absolute Gasteiger partial charge is 0.493 e. The second kappa shape index (κ2) is 7.89. The summed E-state index contributed by atoms with van der Waals surface area (Å²) in [5.41, 5.74) is 10.5. The molecule has 3 rings (SSSR count). The summed E-state index contributed by atoms with van der Waals surface area (Å²) in [5.74, 6) is 1.57. The van der Waals surface area contributed by atoms with E-state index in [1.165, 1.54) is 16.7 Å². The lowest BCUT2D eigenvalue weighted by Gasteiger charge is -2.40. The van der Waals surface area contributed by atoms with Gasteiger partial charge in [0.15, 0.2) is 11.5 Å². The Balaban J connectivity index is 1.98. The molecule has 1 heterocycles. The van der Waals surface area contributed by atoms with Crippen LogP contribution in [0.3, 0.4) is 0 Å². The summed E-state index contributed by atoms with van der Waals surface area (Å²) in [6, 6.07) is 15.1. The Kier molecular flexibility index (Phi) is 5.61. The summed E-state index contributed by atoms with van der Waals surface area (Å²) in [6.45, 7) is 4.06. The van der Waals surface area contributed by atoms with Crippen LogP contribution in [-0.2, 0) is 13.0 Å². The first-order chi connectivity index (χ1) is 12.2. The molecule has 0 aromatic heterocycles. The van der Waals surface area contributed by atoms with Crippen molar-refractivity contribution < 1.29 is 9.47 Å². The first-order valence-corrected chi connectivity index (χ1v) is 8.96. The van der Waals surface area contributed by atoms with Crippen LogP contribution in [0.25, 0.3) is 0 Å². The molecule has 0 saturated carbocycles. The number of nitrogens with two attached hydrogens (primary N) is 1. The van der Waals surface area contributed by atoms with Gasteiger partial charge in [-0.25, -0.2) is 0 Å². The Bertz CT molecular complexity index is 703. The van der Waals surface area contributed by atoms with E-state index in [0.717, 1.165) is 37.4 Å². The Labute approximate surface area is 150 Å². The third-order valence-electron chi connectivity index (χ3n) is 5.13. The average molecular weight is 340 g/mol. The average Bonchev–Trinajstić information content (AvgIpc) is 2.66. The molecule has 0 radical (unpaired) electrons. The first-order valence-electron chi connectivity index (χ1n) is 8.96. The molecule has 4 nitrogen and oxygen atoms in total. The molecule has 0 spiro atoms. The fourth-order valence-corrected chi connectivity index (χ4v) is 3.75. The van der Waals surface area contributed by atoms with Crippen LogP contribution in [0, 0.1) is 0 Å². The van der Waals surface area contributed by atoms with Crippen LogP contribution in [0.5, 0.6) is 11.5 Å². The van der Waals surface area contributed by atoms with E-state index >= 15 is 0 Å². The van der Waals surface area contributed by atoms with Gasteiger partial charge >= 0.3 is 0 Å². The summed E-state index contributed by atoms with van der Waals surface area (Å²) in [7, 11) is 3.37. The fraction of sp³-hybridized carbons (Fsp3) is 0.429. The normalized spacial score (nSPS) is 18.5. The highest BCUT2D eigenvalue weighted by Gasteiger charge is 2.32. The maximum Gasteiger partial charge on any atom is 0.161 e. The van der Waals surface area contributed by atoms with Crippen molar-refractivity contribution in [3.8, 4) is 11.5 Å². The van der Waals surface area contributed by atoms with Crippen LogP contribution in [0.2, 0.25) is 0 Å². The lowest BCUT2D eigenvalue weighted by molar-refractivity contribution is 0.149. The van der Waals surface area contributed by atoms with E-state index in [-0.39, 0.29) is 12.1 Å². The van der Waals surface area contributed by atoms with Gasteiger partial charge in [-0.05, 0) is 41.7 Å². The number of fused-ring (bicyclic) bond motifs is 1. The first kappa shape index (κ1) is 17.8. The maximum atomic E-state index is 6.55. The van der Waals surface area contributed by atoms with Gasteiger partial charge in [0.1, 0.15) is 0 Å². The van der Waals surface area contributed by atoms with Gasteiger partial charge in [-0.1, -0.05) is 37.3 Å². The standard InChI is InChI=1S/C21H28N2O2/c1-4-18(22)21-17-13-20(25-3)19(24-2)12-16(17)10-11-23(21)14-15-8-6-5-7-9-15/h5-9,12-13,18,21H,4,10-11,14,22H2,1-3H3/t18-,21+/m0/s1. The van der Waals surface area contributed by atoms with Crippen LogP contribution >= 0.6 is 0 Å². The molecular weight excluding hydrogens is 312 g/mol. The molecule has 2 N–H and O–H groups in total. The number of hydrogen-bond acceptors (Lipinski definition) is 4. The smallest absolute Gasteiger partial charge is 0.161 e. The third-order valence-corrected chi connectivity index (χ3v) is 5.13. The number of methoxy groups -OCH3 is 2. The zero-order chi connectivity index (χ0) is 17.8. The summed E-state index contributed by atoms with van der Waals surface area (Å²) < 4.78 is 11.0. The number of nitrogens with zero attached hydrogens (tertiary/aromatic N) is 1. The molecule has 2 aromatic rings. The summed E-state index contributed by atoms with van der Waals surface area (Å²) in [5, 5.41) is 0. The van der Waals surface area contributed by atoms with E-state index in [9.17, 15) is 0 Å². The van der Waals surface area contributed by atoms with Gasteiger partial charge in [-0.3, -0.25) is 4.90 Å². The molecule has 2 atom stereocenters. The number of ether oxygens (including phenoxy) is 2. The predicted octanol–water partition coefficient (Wildman–Crippen LogP) is 3.54. The molecule has 25 heavy (non-hydrogen) atoms.